The van der Waals surface area contributed by atoms with Gasteiger partial charge in [-0.2, -0.15) is 0 Å². The second-order valence-corrected chi connectivity index (χ2v) is 13.3. The second kappa shape index (κ2) is 13.3. The molecule has 0 aromatic heterocycles. The van der Waals surface area contributed by atoms with Gasteiger partial charge in [-0.15, -0.1) is 0 Å². The molecule has 0 heterocycles. The third-order valence-corrected chi connectivity index (χ3v) is 9.72. The van der Waals surface area contributed by atoms with E-state index < -0.39 is 28.5 Å². The average Bonchev–Trinajstić information content (AvgIpc) is 3.43. The number of nitrogens with one attached hydrogen (secondary N) is 1. The molecule has 1 fully saturated rings. The zero-order valence-electron chi connectivity index (χ0n) is 23.4. The molecule has 0 radical (unpaired) electrons. The molecule has 41 heavy (non-hydrogen) atoms. The SMILES string of the molecule is Cc1ccc(S(=O)(=O)N(CC(=O)N(Cc2ccccc2C)[C@H](C)C(=O)NC2CCCC2)c2cc(Cl)cc(Cl)c2)cc1. The van der Waals surface area contributed by atoms with Crippen LogP contribution >= 0.6 is 23.2 Å². The number of anilines is 1. The van der Waals surface area contributed by atoms with Crippen LogP contribution in [0.5, 0.6) is 0 Å². The van der Waals surface area contributed by atoms with Gasteiger partial charge in [0.05, 0.1) is 10.6 Å². The van der Waals surface area contributed by atoms with E-state index in [2.05, 4.69) is 5.32 Å². The van der Waals surface area contributed by atoms with Crippen LogP contribution in [0.1, 0.15) is 49.3 Å². The van der Waals surface area contributed by atoms with E-state index in [1.807, 2.05) is 38.1 Å². The second-order valence-electron chi connectivity index (χ2n) is 10.6. The fraction of sp³-hybridized carbons (Fsp3) is 0.355. The van der Waals surface area contributed by atoms with Crippen molar-refractivity contribution in [2.75, 3.05) is 10.8 Å². The van der Waals surface area contributed by atoms with E-state index in [0.717, 1.165) is 46.7 Å². The molecule has 0 aliphatic heterocycles. The summed E-state index contributed by atoms with van der Waals surface area (Å²) >= 11 is 12.5. The molecule has 3 aromatic carbocycles. The molecule has 1 N–H and O–H groups in total. The minimum atomic E-state index is -4.21. The van der Waals surface area contributed by atoms with Crippen molar-refractivity contribution < 1.29 is 18.0 Å². The lowest BCUT2D eigenvalue weighted by Gasteiger charge is -2.33. The monoisotopic (exact) mass is 615 g/mol. The highest BCUT2D eigenvalue weighted by Gasteiger charge is 2.33. The number of carbonyl (C=O) groups is 2. The normalized spacial score (nSPS) is 14.5. The van der Waals surface area contributed by atoms with Gasteiger partial charge in [0.1, 0.15) is 12.6 Å². The summed E-state index contributed by atoms with van der Waals surface area (Å²) in [5.41, 5.74) is 2.86. The molecule has 1 aliphatic rings. The number of halogens is 2. The first-order valence-electron chi connectivity index (χ1n) is 13.7. The Labute approximate surface area is 252 Å². The van der Waals surface area contributed by atoms with E-state index in [1.54, 1.807) is 19.1 Å². The van der Waals surface area contributed by atoms with Crippen LogP contribution in [-0.2, 0) is 26.2 Å². The Morgan fingerprint density at radius 1 is 0.951 bits per heavy atom. The Kier molecular flexibility index (Phi) is 10.00. The summed E-state index contributed by atoms with van der Waals surface area (Å²) in [7, 11) is -4.21. The van der Waals surface area contributed by atoms with Crippen molar-refractivity contribution in [2.24, 2.45) is 0 Å². The summed E-state index contributed by atoms with van der Waals surface area (Å²) < 4.78 is 28.9. The van der Waals surface area contributed by atoms with Crippen LogP contribution in [0, 0.1) is 13.8 Å². The van der Waals surface area contributed by atoms with E-state index in [-0.39, 0.29) is 39.1 Å². The van der Waals surface area contributed by atoms with Crippen LogP contribution in [0.3, 0.4) is 0 Å². The molecule has 0 saturated heterocycles. The molecule has 7 nitrogen and oxygen atoms in total. The van der Waals surface area contributed by atoms with Gasteiger partial charge in [-0.3, -0.25) is 13.9 Å². The van der Waals surface area contributed by atoms with Crippen molar-refractivity contribution in [3.8, 4) is 0 Å². The summed E-state index contributed by atoms with van der Waals surface area (Å²) in [6, 6.07) is 17.6. The summed E-state index contributed by atoms with van der Waals surface area (Å²) in [5.74, 6) is -0.799. The maximum absolute atomic E-state index is 14.1. The molecule has 0 spiro atoms. The minimum absolute atomic E-state index is 0.0180. The Bertz CT molecular complexity index is 1490. The van der Waals surface area contributed by atoms with Crippen LogP contribution in [0.2, 0.25) is 10.0 Å². The number of aryl methyl sites for hydroxylation is 2. The van der Waals surface area contributed by atoms with E-state index >= 15 is 0 Å². The lowest BCUT2D eigenvalue weighted by Crippen LogP contribution is -2.52. The molecule has 2 amide bonds. The number of rotatable bonds is 10. The number of hydrogen-bond donors (Lipinski definition) is 1. The standard InChI is InChI=1S/C31H35Cl2N3O4S/c1-21-12-14-29(15-13-21)41(39,40)36(28-17-25(32)16-26(33)18-28)20-30(37)35(19-24-9-5-4-8-22(24)2)23(3)31(38)34-27-10-6-7-11-27/h4-5,8-9,12-18,23,27H,6-7,10-11,19-20H2,1-3H3,(H,34,38)/t23-/m1/s1. The zero-order valence-corrected chi connectivity index (χ0v) is 25.8. The van der Waals surface area contributed by atoms with Gasteiger partial charge in [0, 0.05) is 22.6 Å². The molecule has 10 heteroatoms. The fourth-order valence-electron chi connectivity index (χ4n) is 5.00. The maximum Gasteiger partial charge on any atom is 0.264 e. The van der Waals surface area contributed by atoms with Crippen LogP contribution in [0.15, 0.2) is 71.6 Å². The smallest absolute Gasteiger partial charge is 0.264 e. The highest BCUT2D eigenvalue weighted by Crippen LogP contribution is 2.30. The Hall–Kier alpha value is -3.07. The molecule has 218 valence electrons. The van der Waals surface area contributed by atoms with Crippen LogP contribution in [-0.4, -0.2) is 43.8 Å². The average molecular weight is 617 g/mol. The number of amides is 2. The molecular formula is C31H35Cl2N3O4S. The van der Waals surface area contributed by atoms with Crippen molar-refractivity contribution in [3.63, 3.8) is 0 Å². The van der Waals surface area contributed by atoms with E-state index in [0.29, 0.717) is 0 Å². The summed E-state index contributed by atoms with van der Waals surface area (Å²) in [6.07, 6.45) is 3.92. The Balaban J connectivity index is 1.72. The molecular weight excluding hydrogens is 581 g/mol. The van der Waals surface area contributed by atoms with Gasteiger partial charge >= 0.3 is 0 Å². The van der Waals surface area contributed by atoms with Gasteiger partial charge < -0.3 is 10.2 Å². The van der Waals surface area contributed by atoms with Gasteiger partial charge in [-0.25, -0.2) is 8.42 Å². The molecule has 0 unspecified atom stereocenters. The van der Waals surface area contributed by atoms with Crippen molar-refractivity contribution in [3.05, 3.63) is 93.5 Å². The van der Waals surface area contributed by atoms with Crippen molar-refractivity contribution >= 4 is 50.7 Å². The van der Waals surface area contributed by atoms with Gasteiger partial charge in [0.15, 0.2) is 0 Å². The summed E-state index contributed by atoms with van der Waals surface area (Å²) in [4.78, 5) is 28.9. The number of hydrogen-bond acceptors (Lipinski definition) is 4. The van der Waals surface area contributed by atoms with Crippen LogP contribution in [0.4, 0.5) is 5.69 Å². The highest BCUT2D eigenvalue weighted by atomic mass is 35.5. The molecule has 4 rings (SSSR count). The molecule has 1 saturated carbocycles. The van der Waals surface area contributed by atoms with Crippen molar-refractivity contribution in [1.82, 2.24) is 10.2 Å². The topological polar surface area (TPSA) is 86.8 Å². The molecule has 3 aromatic rings. The maximum atomic E-state index is 14.1. The van der Waals surface area contributed by atoms with Crippen LogP contribution < -0.4 is 9.62 Å². The molecule has 1 aliphatic carbocycles. The fourth-order valence-corrected chi connectivity index (χ4v) is 6.91. The quantitative estimate of drug-likeness (QED) is 0.291. The van der Waals surface area contributed by atoms with Gasteiger partial charge in [0.25, 0.3) is 10.0 Å². The number of sulfonamides is 1. The Morgan fingerprint density at radius 3 is 2.17 bits per heavy atom. The lowest BCUT2D eigenvalue weighted by atomic mass is 10.1. The minimum Gasteiger partial charge on any atom is -0.352 e. The van der Waals surface area contributed by atoms with Crippen molar-refractivity contribution in [1.29, 1.82) is 0 Å². The third-order valence-electron chi connectivity index (χ3n) is 7.49. The predicted octanol–water partition coefficient (Wildman–Crippen LogP) is 6.28. The predicted molar refractivity (Wildman–Crippen MR) is 164 cm³/mol. The number of benzene rings is 3. The van der Waals surface area contributed by atoms with E-state index in [4.69, 9.17) is 23.2 Å². The van der Waals surface area contributed by atoms with E-state index in [9.17, 15) is 18.0 Å². The van der Waals surface area contributed by atoms with Gasteiger partial charge in [0.2, 0.25) is 11.8 Å². The summed E-state index contributed by atoms with van der Waals surface area (Å²) in [5, 5.41) is 3.53. The first-order valence-corrected chi connectivity index (χ1v) is 15.8. The first-order chi connectivity index (χ1) is 19.5. The lowest BCUT2D eigenvalue weighted by molar-refractivity contribution is -0.139. The number of carbonyl (C=O) groups excluding carboxylic acids is 2. The Morgan fingerprint density at radius 2 is 1.56 bits per heavy atom. The van der Waals surface area contributed by atoms with Crippen LogP contribution in [0.25, 0.3) is 0 Å². The van der Waals surface area contributed by atoms with Crippen molar-refractivity contribution in [2.45, 2.75) is 70.0 Å². The van der Waals surface area contributed by atoms with Gasteiger partial charge in [-0.05, 0) is 75.1 Å². The molecule has 0 bridgehead atoms. The number of nitrogens with zero attached hydrogens (tertiary/aromatic N) is 2. The first kappa shape index (κ1) is 30.9. The summed E-state index contributed by atoms with van der Waals surface area (Å²) in [6.45, 7) is 5.05. The highest BCUT2D eigenvalue weighted by molar-refractivity contribution is 7.92. The van der Waals surface area contributed by atoms with E-state index in [1.165, 1.54) is 35.2 Å². The third kappa shape index (κ3) is 7.61. The zero-order chi connectivity index (χ0) is 29.7. The van der Waals surface area contributed by atoms with Gasteiger partial charge in [-0.1, -0.05) is 78.0 Å². The molecule has 1 atom stereocenters. The largest absolute Gasteiger partial charge is 0.352 e.